The van der Waals surface area contributed by atoms with Gasteiger partial charge in [0.25, 0.3) is 11.8 Å². The Hall–Kier alpha value is -3.99. The van der Waals surface area contributed by atoms with Gasteiger partial charge in [0.1, 0.15) is 5.75 Å². The van der Waals surface area contributed by atoms with E-state index < -0.39 is 5.97 Å². The van der Waals surface area contributed by atoms with Crippen LogP contribution in [0.3, 0.4) is 0 Å². The van der Waals surface area contributed by atoms with E-state index in [-0.39, 0.29) is 11.8 Å². The molecule has 0 aliphatic carbocycles. The summed E-state index contributed by atoms with van der Waals surface area (Å²) in [6.07, 6.45) is 3.06. The number of amides is 2. The van der Waals surface area contributed by atoms with E-state index in [9.17, 15) is 14.4 Å². The molecule has 154 valence electrons. The molecule has 3 aromatic carbocycles. The summed E-state index contributed by atoms with van der Waals surface area (Å²) in [5, 5.41) is 0. The molecule has 0 unspecified atom stereocenters. The van der Waals surface area contributed by atoms with Crippen molar-refractivity contribution >= 4 is 29.5 Å². The smallest absolute Gasteiger partial charge is 0.336 e. The first-order valence-electron chi connectivity index (χ1n) is 10.0. The van der Waals surface area contributed by atoms with E-state index in [4.69, 9.17) is 4.74 Å². The molecule has 4 rings (SSSR count). The lowest BCUT2D eigenvalue weighted by Crippen LogP contribution is -2.29. The molecule has 0 aromatic heterocycles. The van der Waals surface area contributed by atoms with E-state index in [1.165, 1.54) is 11.6 Å². The Bertz CT molecular complexity index is 1140. The molecule has 0 fully saturated rings. The van der Waals surface area contributed by atoms with Crippen molar-refractivity contribution in [3.63, 3.8) is 0 Å². The minimum Gasteiger partial charge on any atom is -0.423 e. The van der Waals surface area contributed by atoms with Crippen LogP contribution >= 0.6 is 0 Å². The second-order valence-corrected chi connectivity index (χ2v) is 7.56. The summed E-state index contributed by atoms with van der Waals surface area (Å²) in [4.78, 5) is 38.4. The number of benzene rings is 3. The van der Waals surface area contributed by atoms with Crippen LogP contribution in [-0.4, -0.2) is 17.8 Å². The molecule has 0 radical (unpaired) electrons. The van der Waals surface area contributed by atoms with E-state index in [1.807, 2.05) is 24.3 Å². The topological polar surface area (TPSA) is 63.7 Å². The Morgan fingerprint density at radius 3 is 1.97 bits per heavy atom. The molecule has 2 amide bonds. The predicted molar refractivity (Wildman–Crippen MR) is 119 cm³/mol. The fourth-order valence-electron chi connectivity index (χ4n) is 3.39. The Morgan fingerprint density at radius 1 is 0.839 bits per heavy atom. The molecule has 0 spiro atoms. The molecule has 0 saturated carbocycles. The van der Waals surface area contributed by atoms with Gasteiger partial charge in [-0.3, -0.25) is 9.59 Å². The SMILES string of the molecule is CC(C)c1ccc(/C=C/C(=O)Oc2ccc(N3C(=O)c4ccccc4C3=O)cc2)cc1. The van der Waals surface area contributed by atoms with Crippen LogP contribution in [0.25, 0.3) is 6.08 Å². The molecule has 1 aliphatic heterocycles. The van der Waals surface area contributed by atoms with Gasteiger partial charge in [0.05, 0.1) is 16.8 Å². The molecule has 5 nitrogen and oxygen atoms in total. The Kier molecular flexibility index (Phi) is 5.50. The summed E-state index contributed by atoms with van der Waals surface area (Å²) < 4.78 is 5.32. The zero-order valence-electron chi connectivity index (χ0n) is 17.2. The minimum absolute atomic E-state index is 0.324. The van der Waals surface area contributed by atoms with Crippen LogP contribution in [0.2, 0.25) is 0 Å². The van der Waals surface area contributed by atoms with Gasteiger partial charge < -0.3 is 4.74 Å². The van der Waals surface area contributed by atoms with Crippen molar-refractivity contribution in [3.05, 3.63) is 101 Å². The lowest BCUT2D eigenvalue weighted by atomic mass is 10.0. The highest BCUT2D eigenvalue weighted by atomic mass is 16.5. The van der Waals surface area contributed by atoms with Gasteiger partial charge in [-0.15, -0.1) is 0 Å². The summed E-state index contributed by atoms with van der Waals surface area (Å²) in [6.45, 7) is 4.25. The molecule has 3 aromatic rings. The number of fused-ring (bicyclic) bond motifs is 1. The van der Waals surface area contributed by atoms with Crippen LogP contribution in [-0.2, 0) is 4.79 Å². The van der Waals surface area contributed by atoms with Gasteiger partial charge in [0, 0.05) is 6.08 Å². The molecule has 0 saturated heterocycles. The number of hydrogen-bond donors (Lipinski definition) is 0. The van der Waals surface area contributed by atoms with Crippen LogP contribution < -0.4 is 9.64 Å². The number of carbonyl (C=O) groups excluding carboxylic acids is 3. The lowest BCUT2D eigenvalue weighted by molar-refractivity contribution is -0.128. The van der Waals surface area contributed by atoms with Crippen molar-refractivity contribution < 1.29 is 19.1 Å². The van der Waals surface area contributed by atoms with Crippen molar-refractivity contribution in [2.24, 2.45) is 0 Å². The number of ether oxygens (including phenoxy) is 1. The molecule has 31 heavy (non-hydrogen) atoms. The van der Waals surface area contributed by atoms with E-state index >= 15 is 0 Å². The summed E-state index contributed by atoms with van der Waals surface area (Å²) in [7, 11) is 0. The van der Waals surface area contributed by atoms with E-state index in [0.717, 1.165) is 10.5 Å². The van der Waals surface area contributed by atoms with Gasteiger partial charge in [-0.25, -0.2) is 9.69 Å². The molecule has 0 bridgehead atoms. The van der Waals surface area contributed by atoms with Crippen molar-refractivity contribution in [2.45, 2.75) is 19.8 Å². The highest BCUT2D eigenvalue weighted by Crippen LogP contribution is 2.29. The van der Waals surface area contributed by atoms with Crippen LogP contribution in [0, 0.1) is 0 Å². The number of imide groups is 1. The van der Waals surface area contributed by atoms with Gasteiger partial charge in [0.15, 0.2) is 0 Å². The number of hydrogen-bond acceptors (Lipinski definition) is 4. The Labute approximate surface area is 180 Å². The molecular formula is C26H21NO4. The highest BCUT2D eigenvalue weighted by Gasteiger charge is 2.36. The number of esters is 1. The molecule has 0 atom stereocenters. The maximum absolute atomic E-state index is 12.6. The Balaban J connectivity index is 1.41. The Morgan fingerprint density at radius 2 is 1.42 bits per heavy atom. The zero-order valence-corrected chi connectivity index (χ0v) is 17.2. The summed E-state index contributed by atoms with van der Waals surface area (Å²) in [5.41, 5.74) is 3.33. The number of carbonyl (C=O) groups is 3. The van der Waals surface area contributed by atoms with Crippen LogP contribution in [0.4, 0.5) is 5.69 Å². The number of nitrogens with zero attached hydrogens (tertiary/aromatic N) is 1. The van der Waals surface area contributed by atoms with Gasteiger partial charge in [0.2, 0.25) is 0 Å². The fourth-order valence-corrected chi connectivity index (χ4v) is 3.39. The average Bonchev–Trinajstić information content (AvgIpc) is 3.04. The molecule has 0 N–H and O–H groups in total. The first kappa shape index (κ1) is 20.3. The van der Waals surface area contributed by atoms with Crippen LogP contribution in [0.5, 0.6) is 5.75 Å². The summed E-state index contributed by atoms with van der Waals surface area (Å²) in [5.74, 6) is -0.466. The van der Waals surface area contributed by atoms with E-state index in [1.54, 1.807) is 54.6 Å². The normalized spacial score (nSPS) is 13.2. The summed E-state index contributed by atoms with van der Waals surface area (Å²) >= 11 is 0. The van der Waals surface area contributed by atoms with Gasteiger partial charge in [-0.1, -0.05) is 50.2 Å². The third-order valence-corrected chi connectivity index (χ3v) is 5.12. The molecule has 1 heterocycles. The number of anilines is 1. The van der Waals surface area contributed by atoms with Crippen molar-refractivity contribution in [3.8, 4) is 5.75 Å². The monoisotopic (exact) mass is 411 g/mol. The highest BCUT2D eigenvalue weighted by molar-refractivity contribution is 6.34. The maximum Gasteiger partial charge on any atom is 0.336 e. The standard InChI is InChI=1S/C26H21NO4/c1-17(2)19-10-7-18(8-11-19)9-16-24(28)31-21-14-12-20(13-15-21)27-25(29)22-5-3-4-6-23(22)26(27)30/h3-17H,1-2H3/b16-9+. The lowest BCUT2D eigenvalue weighted by Gasteiger charge is -2.14. The average molecular weight is 411 g/mol. The van der Waals surface area contributed by atoms with Crippen LogP contribution in [0.15, 0.2) is 78.9 Å². The third kappa shape index (κ3) is 4.16. The van der Waals surface area contributed by atoms with Crippen LogP contribution in [0.1, 0.15) is 51.6 Å². The number of rotatable bonds is 5. The largest absolute Gasteiger partial charge is 0.423 e. The molecule has 5 heteroatoms. The fraction of sp³-hybridized carbons (Fsp3) is 0.115. The van der Waals surface area contributed by atoms with Gasteiger partial charge in [-0.05, 0) is 59.5 Å². The molecular weight excluding hydrogens is 390 g/mol. The second-order valence-electron chi connectivity index (χ2n) is 7.56. The second kappa shape index (κ2) is 8.40. The zero-order chi connectivity index (χ0) is 22.0. The third-order valence-electron chi connectivity index (χ3n) is 5.12. The van der Waals surface area contributed by atoms with Crippen molar-refractivity contribution in [1.29, 1.82) is 0 Å². The first-order valence-corrected chi connectivity index (χ1v) is 10.0. The quantitative estimate of drug-likeness (QED) is 0.250. The first-order chi connectivity index (χ1) is 14.9. The maximum atomic E-state index is 12.6. The minimum atomic E-state index is -0.513. The van der Waals surface area contributed by atoms with Gasteiger partial charge >= 0.3 is 5.97 Å². The predicted octanol–water partition coefficient (Wildman–Crippen LogP) is 5.23. The summed E-state index contributed by atoms with van der Waals surface area (Å²) in [6, 6.07) is 21.0. The van der Waals surface area contributed by atoms with E-state index in [2.05, 4.69) is 13.8 Å². The van der Waals surface area contributed by atoms with Gasteiger partial charge in [-0.2, -0.15) is 0 Å². The van der Waals surface area contributed by atoms with Crippen molar-refractivity contribution in [2.75, 3.05) is 4.90 Å². The molecule has 1 aliphatic rings. The van der Waals surface area contributed by atoms with Crippen molar-refractivity contribution in [1.82, 2.24) is 0 Å². The van der Waals surface area contributed by atoms with E-state index in [0.29, 0.717) is 28.5 Å².